The summed E-state index contributed by atoms with van der Waals surface area (Å²) in [6.07, 6.45) is 0. The molecule has 1 heterocycles. The van der Waals surface area contributed by atoms with Crippen molar-refractivity contribution in [3.63, 3.8) is 0 Å². The molecule has 0 radical (unpaired) electrons. The number of benzene rings is 1. The van der Waals surface area contributed by atoms with Crippen LogP contribution >= 0.6 is 15.9 Å². The lowest BCUT2D eigenvalue weighted by Gasteiger charge is -2.07. The van der Waals surface area contributed by atoms with E-state index in [4.69, 9.17) is 4.74 Å². The van der Waals surface area contributed by atoms with Gasteiger partial charge < -0.3 is 4.74 Å². The predicted molar refractivity (Wildman–Crippen MR) is 52.2 cm³/mol. The van der Waals surface area contributed by atoms with E-state index in [1.807, 2.05) is 0 Å². The van der Waals surface area contributed by atoms with E-state index in [9.17, 15) is 0 Å². The Bertz CT molecular complexity index is 316. The number of ether oxygens (including phenoxy) is 1. The average molecular weight is 227 g/mol. The summed E-state index contributed by atoms with van der Waals surface area (Å²) >= 11 is 3.48. The van der Waals surface area contributed by atoms with Crippen LogP contribution < -0.4 is 0 Å². The zero-order chi connectivity index (χ0) is 8.77. The molecular weight excluding hydrogens is 216 g/mol. The highest BCUT2D eigenvalue weighted by molar-refractivity contribution is 9.10. The summed E-state index contributed by atoms with van der Waals surface area (Å²) in [6.45, 7) is 5.07. The predicted octanol–water partition coefficient (Wildman–Crippen LogP) is 3.00. The highest BCUT2D eigenvalue weighted by Gasteiger charge is 2.41. The second kappa shape index (κ2) is 2.57. The van der Waals surface area contributed by atoms with Crippen LogP contribution in [0, 0.1) is 6.92 Å². The van der Waals surface area contributed by atoms with Crippen LogP contribution in [0.3, 0.4) is 0 Å². The molecule has 2 rings (SSSR count). The highest BCUT2D eigenvalue weighted by Crippen LogP contribution is 2.38. The van der Waals surface area contributed by atoms with Gasteiger partial charge in [0, 0.05) is 4.47 Å². The number of aryl methyl sites for hydroxylation is 1. The molecule has 0 N–H and O–H groups in total. The second-order valence-electron chi connectivity index (χ2n) is 3.48. The Hall–Kier alpha value is -0.340. The lowest BCUT2D eigenvalue weighted by atomic mass is 10.0. The molecule has 1 aromatic rings. The van der Waals surface area contributed by atoms with Crippen LogP contribution in [0.5, 0.6) is 0 Å². The molecule has 2 heteroatoms. The van der Waals surface area contributed by atoms with Crippen molar-refractivity contribution in [3.05, 3.63) is 33.8 Å². The maximum Gasteiger partial charge on any atom is 0.114 e. The molecule has 12 heavy (non-hydrogen) atoms. The van der Waals surface area contributed by atoms with Crippen LogP contribution in [-0.2, 0) is 10.3 Å². The minimum atomic E-state index is 0.00542. The summed E-state index contributed by atoms with van der Waals surface area (Å²) in [5.74, 6) is 0. The average Bonchev–Trinajstić information content (AvgIpc) is 2.75. The summed E-state index contributed by atoms with van der Waals surface area (Å²) in [5.41, 5.74) is 2.55. The van der Waals surface area contributed by atoms with E-state index >= 15 is 0 Å². The van der Waals surface area contributed by atoms with Gasteiger partial charge in [0.2, 0.25) is 0 Å². The first kappa shape index (κ1) is 8.27. The fourth-order valence-electron chi connectivity index (χ4n) is 1.25. The van der Waals surface area contributed by atoms with Gasteiger partial charge in [0.1, 0.15) is 5.60 Å². The molecular formula is C10H11BrO. The van der Waals surface area contributed by atoms with Gasteiger partial charge in [0.05, 0.1) is 6.61 Å². The molecule has 1 aliphatic rings. The molecule has 0 bridgehead atoms. The van der Waals surface area contributed by atoms with E-state index < -0.39 is 0 Å². The largest absolute Gasteiger partial charge is 0.365 e. The molecule has 1 nitrogen and oxygen atoms in total. The third-order valence-electron chi connectivity index (χ3n) is 2.35. The normalized spacial score (nSPS) is 27.2. The number of hydrogen-bond acceptors (Lipinski definition) is 1. The van der Waals surface area contributed by atoms with E-state index in [0.717, 1.165) is 11.1 Å². The van der Waals surface area contributed by atoms with Gasteiger partial charge in [-0.1, -0.05) is 28.1 Å². The van der Waals surface area contributed by atoms with Crippen LogP contribution in [0.15, 0.2) is 22.7 Å². The molecule has 0 aromatic heterocycles. The number of halogens is 1. The molecule has 0 amide bonds. The van der Waals surface area contributed by atoms with Gasteiger partial charge >= 0.3 is 0 Å². The zero-order valence-corrected chi connectivity index (χ0v) is 8.81. The first-order valence-electron chi connectivity index (χ1n) is 4.02. The lowest BCUT2D eigenvalue weighted by Crippen LogP contribution is -2.01. The van der Waals surface area contributed by atoms with Crippen molar-refractivity contribution < 1.29 is 4.74 Å². The standard InChI is InChI=1S/C10H11BrO/c1-7-5-8(3-4-9(7)11)10(2)6-12-10/h3-5H,6H2,1-2H3. The maximum atomic E-state index is 5.36. The Morgan fingerprint density at radius 2 is 2.17 bits per heavy atom. The molecule has 0 aliphatic carbocycles. The fraction of sp³-hybridized carbons (Fsp3) is 0.400. The van der Waals surface area contributed by atoms with Gasteiger partial charge in [-0.2, -0.15) is 0 Å². The highest BCUT2D eigenvalue weighted by atomic mass is 79.9. The van der Waals surface area contributed by atoms with Crippen molar-refractivity contribution in [2.75, 3.05) is 6.61 Å². The van der Waals surface area contributed by atoms with Crippen molar-refractivity contribution >= 4 is 15.9 Å². The molecule has 1 aromatic carbocycles. The van der Waals surface area contributed by atoms with Gasteiger partial charge in [-0.25, -0.2) is 0 Å². The number of epoxide rings is 1. The monoisotopic (exact) mass is 226 g/mol. The molecule has 0 saturated carbocycles. The Balaban J connectivity index is 2.41. The van der Waals surface area contributed by atoms with Crippen molar-refractivity contribution in [2.45, 2.75) is 19.4 Å². The topological polar surface area (TPSA) is 12.5 Å². The molecule has 1 aliphatic heterocycles. The molecule has 1 atom stereocenters. The minimum absolute atomic E-state index is 0.00542. The third-order valence-corrected chi connectivity index (χ3v) is 3.24. The van der Waals surface area contributed by atoms with E-state index in [1.165, 1.54) is 11.1 Å². The van der Waals surface area contributed by atoms with E-state index in [1.54, 1.807) is 0 Å². The maximum absolute atomic E-state index is 5.36. The number of rotatable bonds is 1. The van der Waals surface area contributed by atoms with Crippen molar-refractivity contribution in [3.8, 4) is 0 Å². The van der Waals surface area contributed by atoms with E-state index in [2.05, 4.69) is 48.0 Å². The first-order chi connectivity index (χ1) is 5.62. The van der Waals surface area contributed by atoms with Crippen molar-refractivity contribution in [2.24, 2.45) is 0 Å². The fourth-order valence-corrected chi connectivity index (χ4v) is 1.50. The molecule has 1 saturated heterocycles. The SMILES string of the molecule is Cc1cc(C2(C)CO2)ccc1Br. The van der Waals surface area contributed by atoms with E-state index in [-0.39, 0.29) is 5.60 Å². The van der Waals surface area contributed by atoms with Gasteiger partial charge in [0.15, 0.2) is 0 Å². The van der Waals surface area contributed by atoms with Crippen LogP contribution in [0.1, 0.15) is 18.1 Å². The van der Waals surface area contributed by atoms with Crippen LogP contribution in [0.25, 0.3) is 0 Å². The van der Waals surface area contributed by atoms with Gasteiger partial charge in [-0.05, 0) is 31.0 Å². The second-order valence-corrected chi connectivity index (χ2v) is 4.34. The summed E-state index contributed by atoms with van der Waals surface area (Å²) in [7, 11) is 0. The van der Waals surface area contributed by atoms with Crippen LogP contribution in [0.2, 0.25) is 0 Å². The summed E-state index contributed by atoms with van der Waals surface area (Å²) in [6, 6.07) is 6.37. The smallest absolute Gasteiger partial charge is 0.114 e. The van der Waals surface area contributed by atoms with Gasteiger partial charge in [0.25, 0.3) is 0 Å². The summed E-state index contributed by atoms with van der Waals surface area (Å²) < 4.78 is 6.52. The Morgan fingerprint density at radius 1 is 1.50 bits per heavy atom. The Morgan fingerprint density at radius 3 is 2.67 bits per heavy atom. The molecule has 1 unspecified atom stereocenters. The van der Waals surface area contributed by atoms with E-state index in [0.29, 0.717) is 0 Å². The molecule has 64 valence electrons. The summed E-state index contributed by atoms with van der Waals surface area (Å²) in [5, 5.41) is 0. The zero-order valence-electron chi connectivity index (χ0n) is 7.23. The first-order valence-corrected chi connectivity index (χ1v) is 4.82. The minimum Gasteiger partial charge on any atom is -0.365 e. The van der Waals surface area contributed by atoms with Crippen LogP contribution in [-0.4, -0.2) is 6.61 Å². The van der Waals surface area contributed by atoms with Crippen molar-refractivity contribution in [1.29, 1.82) is 0 Å². The molecule has 0 spiro atoms. The van der Waals surface area contributed by atoms with Gasteiger partial charge in [-0.15, -0.1) is 0 Å². The van der Waals surface area contributed by atoms with Crippen molar-refractivity contribution in [1.82, 2.24) is 0 Å². The van der Waals surface area contributed by atoms with Crippen LogP contribution in [0.4, 0.5) is 0 Å². The quantitative estimate of drug-likeness (QED) is 0.672. The number of hydrogen-bond donors (Lipinski definition) is 0. The Labute approximate surface area is 80.9 Å². The Kier molecular flexibility index (Phi) is 1.77. The summed E-state index contributed by atoms with van der Waals surface area (Å²) in [4.78, 5) is 0. The van der Waals surface area contributed by atoms with Gasteiger partial charge in [-0.3, -0.25) is 0 Å². The molecule has 1 fully saturated rings. The lowest BCUT2D eigenvalue weighted by molar-refractivity contribution is 0.329. The third kappa shape index (κ3) is 1.29.